The number of nitro groups is 1. The average Bonchev–Trinajstić information content (AvgIpc) is 2.93. The number of pyridine rings is 1. The van der Waals surface area contributed by atoms with E-state index < -0.39 is 10.7 Å². The summed E-state index contributed by atoms with van der Waals surface area (Å²) in [6.45, 7) is 0. The quantitative estimate of drug-likeness (QED) is 0.613. The number of nitro benzene ring substituents is 1. The van der Waals surface area contributed by atoms with Crippen LogP contribution in [0.5, 0.6) is 11.5 Å². The Balaban J connectivity index is 1.89. The van der Waals surface area contributed by atoms with Crippen LogP contribution in [0.1, 0.15) is 5.69 Å². The second-order valence-electron chi connectivity index (χ2n) is 4.55. The van der Waals surface area contributed by atoms with Crippen molar-refractivity contribution in [2.45, 2.75) is 15.9 Å². The second-order valence-corrected chi connectivity index (χ2v) is 7.10. The van der Waals surface area contributed by atoms with Crippen LogP contribution in [0, 0.1) is 15.9 Å². The lowest BCUT2D eigenvalue weighted by atomic mass is 10.2. The van der Waals surface area contributed by atoms with Crippen LogP contribution < -0.4 is 4.74 Å². The van der Waals surface area contributed by atoms with Gasteiger partial charge in [0.25, 0.3) is 5.69 Å². The van der Waals surface area contributed by atoms with Crippen LogP contribution in [0.4, 0.5) is 10.1 Å². The highest BCUT2D eigenvalue weighted by molar-refractivity contribution is 8.17. The highest BCUT2D eigenvalue weighted by Crippen LogP contribution is 2.46. The van der Waals surface area contributed by atoms with Gasteiger partial charge < -0.3 is 4.74 Å². The van der Waals surface area contributed by atoms with E-state index in [1.54, 1.807) is 35.8 Å². The third-order valence-electron chi connectivity index (χ3n) is 3.16. The molecule has 0 amide bonds. The van der Waals surface area contributed by atoms with Gasteiger partial charge in [0.05, 0.1) is 26.2 Å². The Labute approximate surface area is 134 Å². The van der Waals surface area contributed by atoms with Crippen molar-refractivity contribution in [3.05, 3.63) is 52.1 Å². The molecule has 0 fully saturated rings. The van der Waals surface area contributed by atoms with Crippen molar-refractivity contribution in [3.63, 3.8) is 0 Å². The van der Waals surface area contributed by atoms with Crippen LogP contribution in [-0.2, 0) is 6.42 Å². The predicted octanol–water partition coefficient (Wildman–Crippen LogP) is 4.26. The first kappa shape index (κ1) is 15.1. The summed E-state index contributed by atoms with van der Waals surface area (Å²) < 4.78 is 19.9. The minimum Gasteiger partial charge on any atom is -0.453 e. The topological polar surface area (TPSA) is 65.3 Å². The van der Waals surface area contributed by atoms with Gasteiger partial charge in [-0.05, 0) is 12.3 Å². The molecule has 0 radical (unpaired) electrons. The van der Waals surface area contributed by atoms with E-state index in [1.807, 2.05) is 6.26 Å². The molecule has 0 N–H and O–H groups in total. The van der Waals surface area contributed by atoms with Crippen LogP contribution in [0.3, 0.4) is 0 Å². The van der Waals surface area contributed by atoms with Crippen molar-refractivity contribution in [1.29, 1.82) is 0 Å². The van der Waals surface area contributed by atoms with Gasteiger partial charge in [0.1, 0.15) is 5.75 Å². The van der Waals surface area contributed by atoms with E-state index in [0.29, 0.717) is 10.3 Å². The Morgan fingerprint density at radius 1 is 1.45 bits per heavy atom. The van der Waals surface area contributed by atoms with Crippen LogP contribution in [0.25, 0.3) is 0 Å². The zero-order chi connectivity index (χ0) is 15.7. The molecule has 22 heavy (non-hydrogen) atoms. The average molecular weight is 338 g/mol. The zero-order valence-electron chi connectivity index (χ0n) is 11.5. The molecule has 2 aromatic rings. The Hall–Kier alpha value is -1.80. The van der Waals surface area contributed by atoms with Crippen LogP contribution in [0.2, 0.25) is 0 Å². The summed E-state index contributed by atoms with van der Waals surface area (Å²) in [4.78, 5) is 15.2. The number of hydrogen-bond acceptors (Lipinski definition) is 6. The minimum absolute atomic E-state index is 0.0350. The highest BCUT2D eigenvalue weighted by Gasteiger charge is 2.26. The van der Waals surface area contributed by atoms with Crippen LogP contribution >= 0.6 is 23.5 Å². The molecule has 8 heteroatoms. The number of non-ortho nitro benzene ring substituents is 1. The fourth-order valence-electron chi connectivity index (χ4n) is 2.09. The van der Waals surface area contributed by atoms with E-state index in [-0.39, 0.29) is 11.4 Å². The summed E-state index contributed by atoms with van der Waals surface area (Å²) in [5.41, 5.74) is 0.630. The van der Waals surface area contributed by atoms with Crippen molar-refractivity contribution >= 4 is 29.2 Å². The minimum atomic E-state index is -0.760. The molecule has 3 rings (SSSR count). The molecule has 0 spiro atoms. The first-order chi connectivity index (χ1) is 10.6. The maximum absolute atomic E-state index is 13.9. The highest BCUT2D eigenvalue weighted by atomic mass is 32.2. The predicted molar refractivity (Wildman–Crippen MR) is 84.2 cm³/mol. The Kier molecular flexibility index (Phi) is 4.21. The number of rotatable bonds is 4. The van der Waals surface area contributed by atoms with Gasteiger partial charge in [-0.15, -0.1) is 11.8 Å². The number of aromatic nitrogens is 1. The standard InChI is InChI=1S/C14H11FN2O3S2/c1-21-13-7-10-14(22-13)12(4-5-16-10)20-11-3-2-8(17(18)19)6-9(11)15/h2-6,13H,7H2,1H3. The number of nitrogens with zero attached hydrogens (tertiary/aromatic N) is 2. The first-order valence-corrected chi connectivity index (χ1v) is 8.54. The SMILES string of the molecule is CSC1Cc2nccc(Oc3ccc([N+](=O)[O-])cc3F)c2S1. The van der Waals surface area contributed by atoms with Crippen LogP contribution in [-0.4, -0.2) is 20.7 Å². The van der Waals surface area contributed by atoms with Crippen molar-refractivity contribution in [3.8, 4) is 11.5 Å². The van der Waals surface area contributed by atoms with Gasteiger partial charge in [-0.25, -0.2) is 4.39 Å². The molecule has 1 aromatic heterocycles. The number of thioether (sulfide) groups is 2. The number of fused-ring (bicyclic) bond motifs is 1. The molecule has 1 aromatic carbocycles. The van der Waals surface area contributed by atoms with E-state index >= 15 is 0 Å². The van der Waals surface area contributed by atoms with Crippen LogP contribution in [0.15, 0.2) is 35.4 Å². The number of benzene rings is 1. The van der Waals surface area contributed by atoms with Crippen molar-refractivity contribution in [2.75, 3.05) is 6.26 Å². The van der Waals surface area contributed by atoms with E-state index in [4.69, 9.17) is 4.74 Å². The Morgan fingerprint density at radius 3 is 2.95 bits per heavy atom. The van der Waals surface area contributed by atoms with Crippen molar-refractivity contribution < 1.29 is 14.1 Å². The largest absolute Gasteiger partial charge is 0.453 e. The van der Waals surface area contributed by atoms with Gasteiger partial charge in [-0.1, -0.05) is 0 Å². The molecule has 0 bridgehead atoms. The summed E-state index contributed by atoms with van der Waals surface area (Å²) in [6.07, 6.45) is 4.49. The van der Waals surface area contributed by atoms with E-state index in [0.717, 1.165) is 23.1 Å². The molecule has 5 nitrogen and oxygen atoms in total. The number of ether oxygens (including phenoxy) is 1. The Morgan fingerprint density at radius 2 is 2.27 bits per heavy atom. The second kappa shape index (κ2) is 6.13. The molecule has 0 saturated carbocycles. The van der Waals surface area contributed by atoms with Gasteiger partial charge in [-0.2, -0.15) is 11.8 Å². The maximum Gasteiger partial charge on any atom is 0.272 e. The number of halogens is 1. The molecule has 114 valence electrons. The molecule has 0 aliphatic carbocycles. The van der Waals surface area contributed by atoms with Crippen molar-refractivity contribution in [1.82, 2.24) is 4.98 Å². The van der Waals surface area contributed by atoms with Gasteiger partial charge in [0, 0.05) is 24.8 Å². The number of hydrogen-bond donors (Lipinski definition) is 0. The van der Waals surface area contributed by atoms with E-state index in [2.05, 4.69) is 4.98 Å². The normalized spacial score (nSPS) is 16.4. The summed E-state index contributed by atoms with van der Waals surface area (Å²) in [6, 6.07) is 5.02. The fraction of sp³-hybridized carbons (Fsp3) is 0.214. The summed E-state index contributed by atoms with van der Waals surface area (Å²) in [5.74, 6) is -0.268. The lowest BCUT2D eigenvalue weighted by molar-refractivity contribution is -0.385. The zero-order valence-corrected chi connectivity index (χ0v) is 13.1. The summed E-state index contributed by atoms with van der Waals surface area (Å²) in [5, 5.41) is 10.6. The third kappa shape index (κ3) is 2.89. The van der Waals surface area contributed by atoms with Crippen molar-refractivity contribution in [2.24, 2.45) is 0 Å². The molecule has 0 saturated heterocycles. The van der Waals surface area contributed by atoms with Gasteiger partial charge in [-0.3, -0.25) is 15.1 Å². The molecular formula is C14H11FN2O3S2. The van der Waals surface area contributed by atoms with Gasteiger partial charge in [0.2, 0.25) is 0 Å². The molecule has 1 aliphatic rings. The molecule has 1 unspecified atom stereocenters. The van der Waals surface area contributed by atoms with E-state index in [9.17, 15) is 14.5 Å². The summed E-state index contributed by atoms with van der Waals surface area (Å²) in [7, 11) is 0. The maximum atomic E-state index is 13.9. The Bertz CT molecular complexity index is 742. The smallest absolute Gasteiger partial charge is 0.272 e. The molecular weight excluding hydrogens is 327 g/mol. The monoisotopic (exact) mass is 338 g/mol. The van der Waals surface area contributed by atoms with Gasteiger partial charge >= 0.3 is 0 Å². The van der Waals surface area contributed by atoms with Gasteiger partial charge in [0.15, 0.2) is 11.6 Å². The van der Waals surface area contributed by atoms with E-state index in [1.165, 1.54) is 12.1 Å². The first-order valence-electron chi connectivity index (χ1n) is 6.37. The molecule has 1 atom stereocenters. The lowest BCUT2D eigenvalue weighted by Crippen LogP contribution is -1.95. The summed E-state index contributed by atoms with van der Waals surface area (Å²) >= 11 is 3.37. The molecule has 2 heterocycles. The lowest BCUT2D eigenvalue weighted by Gasteiger charge is -2.10. The third-order valence-corrected chi connectivity index (χ3v) is 5.82. The fourth-order valence-corrected chi connectivity index (χ4v) is 4.09. The molecule has 1 aliphatic heterocycles.